The van der Waals surface area contributed by atoms with E-state index in [1.165, 1.54) is 52.3 Å². The Labute approximate surface area is 251 Å². The Morgan fingerprint density at radius 3 is 2.17 bits per heavy atom. The van der Waals surface area contributed by atoms with Crippen molar-refractivity contribution >= 4 is 22.9 Å². The molecule has 1 heterocycles. The molecule has 4 atom stereocenters. The standard InChI is InChI=1S/C34H31.C4H9.C2H4.Ti/c1-4-24(21-31-22(2)19-32-27-14-9-8-13-26(27)17-18-29(31)32)34-23(3)20-33-28(15-10-16-30(33)34)25-11-6-5-7-12-25;1-3-4-2;1-2;/h5-21,24,31,34H,4H2,1-3H3;1,3-4H2,2H3;1-2H2;. The SMILES string of the molecule is CCC[CH2][Ti]1([CH](C2C(C)=Cc3c2ccc2ccccc32)C(CC)C2C(C)=Cc3c(-c4ccccc4)cccc32)[CH2][CH2]1. The van der Waals surface area contributed by atoms with Gasteiger partial charge in [0.05, 0.1) is 0 Å². The van der Waals surface area contributed by atoms with Crippen molar-refractivity contribution in [2.24, 2.45) is 5.92 Å². The summed E-state index contributed by atoms with van der Waals surface area (Å²) in [6, 6.07) is 32.1. The summed E-state index contributed by atoms with van der Waals surface area (Å²) in [6.45, 7) is 9.82. The fourth-order valence-corrected chi connectivity index (χ4v) is 19.4. The van der Waals surface area contributed by atoms with Crippen molar-refractivity contribution in [3.8, 4) is 11.1 Å². The molecule has 0 amide bonds. The molecular weight excluding hydrogens is 528 g/mol. The summed E-state index contributed by atoms with van der Waals surface area (Å²) < 4.78 is 5.57. The van der Waals surface area contributed by atoms with Gasteiger partial charge >= 0.3 is 252 Å². The summed E-state index contributed by atoms with van der Waals surface area (Å²) in [5, 5.41) is 2.82. The number of fused-ring (bicyclic) bond motifs is 4. The zero-order valence-electron chi connectivity index (χ0n) is 25.3. The molecule has 1 aliphatic heterocycles. The van der Waals surface area contributed by atoms with Crippen LogP contribution in [-0.4, -0.2) is 0 Å². The number of rotatable bonds is 9. The molecule has 3 aliphatic rings. The van der Waals surface area contributed by atoms with Gasteiger partial charge in [0.15, 0.2) is 0 Å². The van der Waals surface area contributed by atoms with Crippen LogP contribution in [0.5, 0.6) is 0 Å². The number of unbranched alkanes of at least 4 members (excludes halogenated alkanes) is 1. The molecule has 1 heteroatoms. The molecule has 7 rings (SSSR count). The molecule has 0 nitrogen and oxygen atoms in total. The van der Waals surface area contributed by atoms with E-state index in [1.807, 2.05) is 0 Å². The van der Waals surface area contributed by atoms with Gasteiger partial charge in [-0.3, -0.25) is 0 Å². The summed E-state index contributed by atoms with van der Waals surface area (Å²) >= 11 is -2.04. The van der Waals surface area contributed by atoms with Gasteiger partial charge < -0.3 is 0 Å². The quantitative estimate of drug-likeness (QED) is 0.175. The fraction of sp³-hybridized carbons (Fsp3) is 0.350. The first-order valence-electron chi connectivity index (χ1n) is 16.1. The molecule has 0 saturated carbocycles. The van der Waals surface area contributed by atoms with E-state index in [9.17, 15) is 0 Å². The summed E-state index contributed by atoms with van der Waals surface area (Å²) in [7, 11) is 0. The van der Waals surface area contributed by atoms with Crippen molar-refractivity contribution in [1.29, 1.82) is 0 Å². The number of hydrogen-bond donors (Lipinski definition) is 0. The van der Waals surface area contributed by atoms with Crippen LogP contribution >= 0.6 is 0 Å². The van der Waals surface area contributed by atoms with Crippen molar-refractivity contribution in [2.45, 2.75) is 77.2 Å². The Hall–Kier alpha value is -2.67. The van der Waals surface area contributed by atoms with Gasteiger partial charge in [0, 0.05) is 0 Å². The van der Waals surface area contributed by atoms with Gasteiger partial charge in [0.1, 0.15) is 0 Å². The second-order valence-electron chi connectivity index (χ2n) is 13.3. The molecule has 0 N–H and O–H groups in total. The van der Waals surface area contributed by atoms with Gasteiger partial charge in [-0.1, -0.05) is 0 Å². The predicted octanol–water partition coefficient (Wildman–Crippen LogP) is 12.2. The molecule has 41 heavy (non-hydrogen) atoms. The van der Waals surface area contributed by atoms with E-state index in [1.54, 1.807) is 36.4 Å². The minimum absolute atomic E-state index is 0.533. The minimum atomic E-state index is -2.04. The van der Waals surface area contributed by atoms with Crippen molar-refractivity contribution in [1.82, 2.24) is 0 Å². The van der Waals surface area contributed by atoms with E-state index in [4.69, 9.17) is 0 Å². The number of allylic oxidation sites excluding steroid dienone is 2. The van der Waals surface area contributed by atoms with Crippen LogP contribution in [0.2, 0.25) is 18.4 Å². The normalized spacial score (nSPS) is 21.7. The Morgan fingerprint density at radius 2 is 1.41 bits per heavy atom. The van der Waals surface area contributed by atoms with Crippen LogP contribution in [0, 0.1) is 5.92 Å². The summed E-state index contributed by atoms with van der Waals surface area (Å²) in [5.41, 5.74) is 12.2. The third kappa shape index (κ3) is 4.54. The molecule has 2 aliphatic carbocycles. The van der Waals surface area contributed by atoms with Crippen LogP contribution in [0.3, 0.4) is 0 Å². The van der Waals surface area contributed by atoms with E-state index in [2.05, 4.69) is 125 Å². The van der Waals surface area contributed by atoms with Crippen LogP contribution in [0.4, 0.5) is 0 Å². The van der Waals surface area contributed by atoms with Gasteiger partial charge in [-0.05, 0) is 0 Å². The van der Waals surface area contributed by atoms with Crippen LogP contribution in [0.15, 0.2) is 96.1 Å². The average molecular weight is 573 g/mol. The summed E-state index contributed by atoms with van der Waals surface area (Å²) in [6.07, 6.45) is 9.17. The van der Waals surface area contributed by atoms with E-state index in [0.717, 1.165) is 4.22 Å². The predicted molar refractivity (Wildman–Crippen MR) is 175 cm³/mol. The van der Waals surface area contributed by atoms with Crippen LogP contribution in [0.1, 0.15) is 81.0 Å². The van der Waals surface area contributed by atoms with Gasteiger partial charge in [-0.2, -0.15) is 0 Å². The van der Waals surface area contributed by atoms with Gasteiger partial charge in [0.2, 0.25) is 0 Å². The van der Waals surface area contributed by atoms with Crippen molar-refractivity contribution in [3.63, 3.8) is 0 Å². The first-order chi connectivity index (χ1) is 20.1. The molecule has 0 aromatic heterocycles. The zero-order chi connectivity index (χ0) is 28.1. The molecule has 4 unspecified atom stereocenters. The average Bonchev–Trinajstić information content (AvgIpc) is 3.61. The molecule has 1 fully saturated rings. The van der Waals surface area contributed by atoms with E-state index in [-0.39, 0.29) is 0 Å². The second-order valence-corrected chi connectivity index (χ2v) is 20.9. The summed E-state index contributed by atoms with van der Waals surface area (Å²) in [4.78, 5) is 0. The molecule has 0 radical (unpaired) electrons. The molecular formula is C40H44Ti. The molecule has 0 spiro atoms. The maximum absolute atomic E-state index is 2.58. The summed E-state index contributed by atoms with van der Waals surface area (Å²) in [5.74, 6) is 1.82. The van der Waals surface area contributed by atoms with Gasteiger partial charge in [-0.15, -0.1) is 0 Å². The topological polar surface area (TPSA) is 0 Å². The molecule has 4 aromatic rings. The Morgan fingerprint density at radius 1 is 0.707 bits per heavy atom. The molecule has 208 valence electrons. The van der Waals surface area contributed by atoms with E-state index < -0.39 is 16.6 Å². The zero-order valence-corrected chi connectivity index (χ0v) is 26.9. The van der Waals surface area contributed by atoms with E-state index >= 15 is 0 Å². The van der Waals surface area contributed by atoms with Crippen molar-refractivity contribution in [3.05, 3.63) is 118 Å². The van der Waals surface area contributed by atoms with E-state index in [0.29, 0.717) is 17.8 Å². The van der Waals surface area contributed by atoms with Gasteiger partial charge in [0.25, 0.3) is 0 Å². The molecule has 4 aromatic carbocycles. The molecule has 1 saturated heterocycles. The number of benzene rings is 4. The first-order valence-corrected chi connectivity index (χ1v) is 20.3. The fourth-order valence-electron chi connectivity index (χ4n) is 8.99. The van der Waals surface area contributed by atoms with Gasteiger partial charge in [-0.25, -0.2) is 0 Å². The van der Waals surface area contributed by atoms with Crippen LogP contribution in [0.25, 0.3) is 34.1 Å². The third-order valence-corrected chi connectivity index (χ3v) is 19.3. The van der Waals surface area contributed by atoms with Crippen LogP contribution in [-0.2, 0) is 16.6 Å². The third-order valence-electron chi connectivity index (χ3n) is 11.0. The van der Waals surface area contributed by atoms with Crippen molar-refractivity contribution < 1.29 is 16.6 Å². The second kappa shape index (κ2) is 10.9. The first kappa shape index (κ1) is 27.2. The number of hydrogen-bond acceptors (Lipinski definition) is 0. The Bertz CT molecular complexity index is 1650. The van der Waals surface area contributed by atoms with Crippen molar-refractivity contribution in [2.75, 3.05) is 0 Å². The molecule has 0 bridgehead atoms. The monoisotopic (exact) mass is 572 g/mol. The maximum atomic E-state index is 2.58. The van der Waals surface area contributed by atoms with Crippen LogP contribution < -0.4 is 0 Å². The Kier molecular flexibility index (Phi) is 7.21. The Balaban J connectivity index is 1.37.